The lowest BCUT2D eigenvalue weighted by Crippen LogP contribution is -2.46. The molecule has 0 aromatic heterocycles. The molecular weight excluding hydrogens is 346 g/mol. The molecule has 0 bridgehead atoms. The third-order valence-corrected chi connectivity index (χ3v) is 6.52. The van der Waals surface area contributed by atoms with Gasteiger partial charge in [0.25, 0.3) is 0 Å². The van der Waals surface area contributed by atoms with E-state index in [1.54, 1.807) is 0 Å². The minimum Gasteiger partial charge on any atom is -0.348 e. The van der Waals surface area contributed by atoms with Gasteiger partial charge in [0.1, 0.15) is 0 Å². The Hall–Kier alpha value is -1.53. The lowest BCUT2D eigenvalue weighted by atomic mass is 9.95. The summed E-state index contributed by atoms with van der Waals surface area (Å²) in [5.74, 6) is 2.01. The summed E-state index contributed by atoms with van der Waals surface area (Å²) in [6.45, 7) is 3.33. The molecular formula is C20H29N3O2S. The normalized spacial score (nSPS) is 21.5. The van der Waals surface area contributed by atoms with Gasteiger partial charge in [-0.25, -0.2) is 0 Å². The summed E-state index contributed by atoms with van der Waals surface area (Å²) in [6, 6.07) is 10.7. The molecule has 3 rings (SSSR count). The van der Waals surface area contributed by atoms with Crippen molar-refractivity contribution in [1.29, 1.82) is 0 Å². The van der Waals surface area contributed by atoms with Crippen molar-refractivity contribution in [3.8, 4) is 0 Å². The van der Waals surface area contributed by atoms with E-state index < -0.39 is 11.8 Å². The average molecular weight is 376 g/mol. The van der Waals surface area contributed by atoms with E-state index in [4.69, 9.17) is 0 Å². The number of carbonyl (C=O) groups is 2. The van der Waals surface area contributed by atoms with E-state index in [1.807, 2.05) is 30.3 Å². The standard InChI is InChI=1S/C20H29N3O2S/c24-19(21-10-6-16-4-2-1-3-5-16)20(25)22-14-17-7-11-23(12-8-17)18-9-13-26-15-18/h1-5,17-18H,6-15H2,(H,21,24)(H,22,25). The Morgan fingerprint density at radius 1 is 1.04 bits per heavy atom. The summed E-state index contributed by atoms with van der Waals surface area (Å²) in [6.07, 6.45) is 4.27. The lowest BCUT2D eigenvalue weighted by molar-refractivity contribution is -0.139. The molecule has 2 aliphatic heterocycles. The Bertz CT molecular complexity index is 582. The molecule has 2 saturated heterocycles. The monoisotopic (exact) mass is 375 g/mol. The van der Waals surface area contributed by atoms with Crippen LogP contribution in [0.25, 0.3) is 0 Å². The summed E-state index contributed by atoms with van der Waals surface area (Å²) >= 11 is 2.06. The van der Waals surface area contributed by atoms with Crippen LogP contribution in [-0.2, 0) is 16.0 Å². The molecule has 0 saturated carbocycles. The maximum absolute atomic E-state index is 12.0. The first-order chi connectivity index (χ1) is 12.7. The van der Waals surface area contributed by atoms with Crippen LogP contribution in [0.1, 0.15) is 24.8 Å². The Morgan fingerprint density at radius 2 is 1.77 bits per heavy atom. The molecule has 26 heavy (non-hydrogen) atoms. The van der Waals surface area contributed by atoms with Crippen molar-refractivity contribution in [2.45, 2.75) is 31.7 Å². The van der Waals surface area contributed by atoms with E-state index in [9.17, 15) is 9.59 Å². The second-order valence-corrected chi connectivity index (χ2v) is 8.35. The van der Waals surface area contributed by atoms with Gasteiger partial charge in [-0.2, -0.15) is 11.8 Å². The highest BCUT2D eigenvalue weighted by molar-refractivity contribution is 7.99. The smallest absolute Gasteiger partial charge is 0.309 e. The maximum Gasteiger partial charge on any atom is 0.309 e. The Labute approximate surface area is 160 Å². The molecule has 0 spiro atoms. The van der Waals surface area contributed by atoms with Gasteiger partial charge < -0.3 is 10.6 Å². The molecule has 1 aromatic carbocycles. The molecule has 0 aliphatic carbocycles. The second-order valence-electron chi connectivity index (χ2n) is 7.20. The van der Waals surface area contributed by atoms with Gasteiger partial charge in [0.15, 0.2) is 0 Å². The zero-order valence-corrected chi connectivity index (χ0v) is 16.1. The van der Waals surface area contributed by atoms with Crippen LogP contribution in [-0.4, -0.2) is 60.4 Å². The van der Waals surface area contributed by atoms with Crippen LogP contribution in [0.5, 0.6) is 0 Å². The van der Waals surface area contributed by atoms with Gasteiger partial charge in [0, 0.05) is 24.9 Å². The van der Waals surface area contributed by atoms with Gasteiger partial charge in [0.05, 0.1) is 0 Å². The molecule has 2 amide bonds. The molecule has 142 valence electrons. The van der Waals surface area contributed by atoms with Crippen LogP contribution in [0.3, 0.4) is 0 Å². The molecule has 6 heteroatoms. The van der Waals surface area contributed by atoms with Gasteiger partial charge in [0.2, 0.25) is 0 Å². The Kier molecular flexibility index (Phi) is 7.38. The number of rotatable bonds is 6. The second kappa shape index (κ2) is 9.97. The van der Waals surface area contributed by atoms with Crippen molar-refractivity contribution in [1.82, 2.24) is 15.5 Å². The van der Waals surface area contributed by atoms with Crippen molar-refractivity contribution >= 4 is 23.6 Å². The maximum atomic E-state index is 12.0. The van der Waals surface area contributed by atoms with Gasteiger partial charge in [-0.1, -0.05) is 30.3 Å². The van der Waals surface area contributed by atoms with Crippen molar-refractivity contribution in [3.05, 3.63) is 35.9 Å². The predicted octanol–water partition coefficient (Wildman–Crippen LogP) is 1.68. The van der Waals surface area contributed by atoms with Gasteiger partial charge in [-0.05, 0) is 56.0 Å². The highest BCUT2D eigenvalue weighted by atomic mass is 32.2. The quantitative estimate of drug-likeness (QED) is 0.743. The van der Waals surface area contributed by atoms with Crippen LogP contribution in [0.2, 0.25) is 0 Å². The number of piperidine rings is 1. The molecule has 2 aliphatic rings. The SMILES string of the molecule is O=C(NCCc1ccccc1)C(=O)NCC1CCN(C2CCSC2)CC1. The van der Waals surface area contributed by atoms with E-state index in [2.05, 4.69) is 27.3 Å². The number of benzene rings is 1. The predicted molar refractivity (Wildman–Crippen MR) is 106 cm³/mol. The number of nitrogens with zero attached hydrogens (tertiary/aromatic N) is 1. The minimum absolute atomic E-state index is 0.480. The van der Waals surface area contributed by atoms with Crippen molar-refractivity contribution in [3.63, 3.8) is 0 Å². The third kappa shape index (κ3) is 5.74. The first-order valence-corrected chi connectivity index (χ1v) is 10.8. The van der Waals surface area contributed by atoms with E-state index in [-0.39, 0.29) is 0 Å². The van der Waals surface area contributed by atoms with Crippen molar-refractivity contribution in [2.24, 2.45) is 5.92 Å². The lowest BCUT2D eigenvalue weighted by Gasteiger charge is -2.35. The molecule has 1 aromatic rings. The topological polar surface area (TPSA) is 61.4 Å². The Balaban J connectivity index is 1.29. The first-order valence-electron chi connectivity index (χ1n) is 9.64. The molecule has 1 atom stereocenters. The van der Waals surface area contributed by atoms with Crippen LogP contribution < -0.4 is 10.6 Å². The van der Waals surface area contributed by atoms with Crippen LogP contribution in [0, 0.1) is 5.92 Å². The molecule has 2 heterocycles. The zero-order valence-electron chi connectivity index (χ0n) is 15.3. The zero-order chi connectivity index (χ0) is 18.2. The summed E-state index contributed by atoms with van der Waals surface area (Å²) < 4.78 is 0. The van der Waals surface area contributed by atoms with E-state index in [0.29, 0.717) is 19.0 Å². The summed E-state index contributed by atoms with van der Waals surface area (Å²) in [7, 11) is 0. The number of carbonyl (C=O) groups excluding carboxylic acids is 2. The first kappa shape index (κ1) is 19.2. The summed E-state index contributed by atoms with van der Waals surface area (Å²) in [5, 5.41) is 5.51. The number of nitrogens with one attached hydrogen (secondary N) is 2. The summed E-state index contributed by atoms with van der Waals surface area (Å²) in [4.78, 5) is 26.5. The molecule has 2 fully saturated rings. The summed E-state index contributed by atoms with van der Waals surface area (Å²) in [5.41, 5.74) is 1.15. The van der Waals surface area contributed by atoms with E-state index in [1.165, 1.54) is 17.9 Å². The number of amides is 2. The number of hydrogen-bond donors (Lipinski definition) is 2. The van der Waals surface area contributed by atoms with E-state index in [0.717, 1.165) is 44.0 Å². The van der Waals surface area contributed by atoms with Gasteiger partial charge >= 0.3 is 11.8 Å². The fourth-order valence-electron chi connectivity index (χ4n) is 3.69. The minimum atomic E-state index is -0.527. The fourth-order valence-corrected chi connectivity index (χ4v) is 4.95. The van der Waals surface area contributed by atoms with E-state index >= 15 is 0 Å². The molecule has 1 unspecified atom stereocenters. The number of likely N-dealkylation sites (tertiary alicyclic amines) is 1. The van der Waals surface area contributed by atoms with Crippen LogP contribution in [0.4, 0.5) is 0 Å². The highest BCUT2D eigenvalue weighted by Gasteiger charge is 2.27. The van der Waals surface area contributed by atoms with Crippen molar-refractivity contribution < 1.29 is 9.59 Å². The fraction of sp³-hybridized carbons (Fsp3) is 0.600. The third-order valence-electron chi connectivity index (χ3n) is 5.37. The van der Waals surface area contributed by atoms with Gasteiger partial charge in [-0.15, -0.1) is 0 Å². The highest BCUT2D eigenvalue weighted by Crippen LogP contribution is 2.26. The van der Waals surface area contributed by atoms with Crippen LogP contribution >= 0.6 is 11.8 Å². The number of hydrogen-bond acceptors (Lipinski definition) is 4. The molecule has 0 radical (unpaired) electrons. The van der Waals surface area contributed by atoms with Crippen molar-refractivity contribution in [2.75, 3.05) is 37.7 Å². The average Bonchev–Trinajstić information content (AvgIpc) is 3.22. The molecule has 5 nitrogen and oxygen atoms in total. The number of thioether (sulfide) groups is 1. The molecule has 2 N–H and O–H groups in total. The van der Waals surface area contributed by atoms with Crippen LogP contribution in [0.15, 0.2) is 30.3 Å². The largest absolute Gasteiger partial charge is 0.348 e. The van der Waals surface area contributed by atoms with Gasteiger partial charge in [-0.3, -0.25) is 14.5 Å². The Morgan fingerprint density at radius 3 is 2.46 bits per heavy atom.